The first kappa shape index (κ1) is 21.5. The summed E-state index contributed by atoms with van der Waals surface area (Å²) in [4.78, 5) is 0. The molecule has 0 radical (unpaired) electrons. The van der Waals surface area contributed by atoms with Crippen molar-refractivity contribution in [2.24, 2.45) is 11.7 Å². The lowest BCUT2D eigenvalue weighted by Crippen LogP contribution is -2.31. The lowest BCUT2D eigenvalue weighted by atomic mass is 9.89. The van der Waals surface area contributed by atoms with Gasteiger partial charge in [-0.1, -0.05) is 59.6 Å². The zero-order valence-corrected chi connectivity index (χ0v) is 17.2. The monoisotopic (exact) mass is 434 g/mol. The van der Waals surface area contributed by atoms with Gasteiger partial charge in [-0.15, -0.1) is 12.4 Å². The number of sulfonamides is 1. The minimum absolute atomic E-state index is 0. The van der Waals surface area contributed by atoms with Crippen LogP contribution in [0.2, 0.25) is 10.0 Å². The van der Waals surface area contributed by atoms with E-state index in [-0.39, 0.29) is 30.0 Å². The summed E-state index contributed by atoms with van der Waals surface area (Å²) >= 11 is 12.3. The van der Waals surface area contributed by atoms with Gasteiger partial charge < -0.3 is 5.73 Å². The topological polar surface area (TPSA) is 63.4 Å². The van der Waals surface area contributed by atoms with Crippen molar-refractivity contribution in [3.05, 3.63) is 69.7 Å². The smallest absolute Gasteiger partial charge is 0.218 e. The van der Waals surface area contributed by atoms with E-state index in [0.29, 0.717) is 35.2 Å². The van der Waals surface area contributed by atoms with Crippen LogP contribution >= 0.6 is 35.6 Å². The zero-order chi connectivity index (χ0) is 18.0. The molecule has 2 atom stereocenters. The van der Waals surface area contributed by atoms with Crippen LogP contribution in [-0.2, 0) is 15.8 Å². The molecule has 1 aliphatic heterocycles. The minimum atomic E-state index is -3.53. The van der Waals surface area contributed by atoms with Gasteiger partial charge in [0.1, 0.15) is 0 Å². The minimum Gasteiger partial charge on any atom is -0.330 e. The maximum Gasteiger partial charge on any atom is 0.218 e. The van der Waals surface area contributed by atoms with Gasteiger partial charge in [0.05, 0.1) is 5.75 Å². The third kappa shape index (κ3) is 4.53. The Labute approximate surface area is 170 Å². The maximum atomic E-state index is 12.9. The van der Waals surface area contributed by atoms with Crippen molar-refractivity contribution in [3.63, 3.8) is 0 Å². The quantitative estimate of drug-likeness (QED) is 0.774. The van der Waals surface area contributed by atoms with E-state index in [1.54, 1.807) is 18.2 Å². The first-order valence-corrected chi connectivity index (χ1v) is 10.4. The van der Waals surface area contributed by atoms with Gasteiger partial charge in [-0.2, -0.15) is 0 Å². The molecule has 1 saturated heterocycles. The van der Waals surface area contributed by atoms with Crippen LogP contribution in [0.3, 0.4) is 0 Å². The second-order valence-electron chi connectivity index (χ2n) is 6.29. The van der Waals surface area contributed by atoms with Crippen molar-refractivity contribution in [1.82, 2.24) is 4.31 Å². The van der Waals surface area contributed by atoms with E-state index in [1.165, 1.54) is 4.31 Å². The molecule has 0 amide bonds. The molecule has 2 aromatic rings. The van der Waals surface area contributed by atoms with Gasteiger partial charge >= 0.3 is 0 Å². The number of hydrogen-bond donors (Lipinski definition) is 1. The normalized spacial score (nSPS) is 20.7. The van der Waals surface area contributed by atoms with Crippen LogP contribution in [0.4, 0.5) is 0 Å². The third-order valence-corrected chi connectivity index (χ3v) is 7.17. The molecule has 2 aromatic carbocycles. The fourth-order valence-corrected chi connectivity index (χ4v) is 5.67. The molecule has 0 aliphatic carbocycles. The Balaban J connectivity index is 0.00000243. The first-order chi connectivity index (χ1) is 11.9. The Morgan fingerprint density at radius 3 is 2.19 bits per heavy atom. The van der Waals surface area contributed by atoms with Crippen molar-refractivity contribution in [3.8, 4) is 0 Å². The fourth-order valence-electron chi connectivity index (χ4n) is 3.32. The molecule has 0 bridgehead atoms. The Kier molecular flexibility index (Phi) is 7.36. The Morgan fingerprint density at radius 2 is 1.62 bits per heavy atom. The van der Waals surface area contributed by atoms with E-state index in [1.807, 2.05) is 30.3 Å². The Hall–Kier alpha value is -0.820. The van der Waals surface area contributed by atoms with Gasteiger partial charge in [0.2, 0.25) is 10.0 Å². The number of benzene rings is 2. The van der Waals surface area contributed by atoms with Gasteiger partial charge in [-0.25, -0.2) is 12.7 Å². The molecular weight excluding hydrogens is 415 g/mol. The Morgan fingerprint density at radius 1 is 1.00 bits per heavy atom. The molecule has 0 spiro atoms. The SMILES string of the molecule is Cl.NC[C@@H]1CN(S(=O)(=O)Cc2c(Cl)cccc2Cl)C[C@H]1c1ccccc1. The van der Waals surface area contributed by atoms with Crippen LogP contribution in [0, 0.1) is 5.92 Å². The van der Waals surface area contributed by atoms with Gasteiger partial charge in [-0.3, -0.25) is 0 Å². The van der Waals surface area contributed by atoms with E-state index < -0.39 is 10.0 Å². The number of nitrogens with zero attached hydrogens (tertiary/aromatic N) is 1. The van der Waals surface area contributed by atoms with Gasteiger partial charge in [0.25, 0.3) is 0 Å². The molecule has 3 rings (SSSR count). The van der Waals surface area contributed by atoms with E-state index in [0.717, 1.165) is 5.56 Å². The Bertz CT molecular complexity index is 827. The van der Waals surface area contributed by atoms with Crippen LogP contribution < -0.4 is 5.73 Å². The number of hydrogen-bond acceptors (Lipinski definition) is 3. The molecule has 1 heterocycles. The molecule has 1 fully saturated rings. The van der Waals surface area contributed by atoms with Crippen LogP contribution in [0.1, 0.15) is 17.0 Å². The summed E-state index contributed by atoms with van der Waals surface area (Å²) in [6.07, 6.45) is 0. The maximum absolute atomic E-state index is 12.9. The van der Waals surface area contributed by atoms with E-state index >= 15 is 0 Å². The molecule has 4 nitrogen and oxygen atoms in total. The van der Waals surface area contributed by atoms with Crippen molar-refractivity contribution in [1.29, 1.82) is 0 Å². The molecule has 26 heavy (non-hydrogen) atoms. The fraction of sp³-hybridized carbons (Fsp3) is 0.333. The molecule has 142 valence electrons. The van der Waals surface area contributed by atoms with E-state index in [2.05, 4.69) is 0 Å². The van der Waals surface area contributed by atoms with Crippen LogP contribution in [0.25, 0.3) is 0 Å². The van der Waals surface area contributed by atoms with E-state index in [9.17, 15) is 8.42 Å². The van der Waals surface area contributed by atoms with Crippen molar-refractivity contribution < 1.29 is 8.42 Å². The lowest BCUT2D eigenvalue weighted by Gasteiger charge is -2.18. The first-order valence-electron chi connectivity index (χ1n) is 8.08. The van der Waals surface area contributed by atoms with Gasteiger partial charge in [0.15, 0.2) is 0 Å². The second-order valence-corrected chi connectivity index (χ2v) is 9.07. The largest absolute Gasteiger partial charge is 0.330 e. The highest BCUT2D eigenvalue weighted by molar-refractivity contribution is 7.88. The van der Waals surface area contributed by atoms with Gasteiger partial charge in [-0.05, 0) is 30.2 Å². The molecule has 1 aliphatic rings. The van der Waals surface area contributed by atoms with Crippen molar-refractivity contribution in [2.45, 2.75) is 11.7 Å². The van der Waals surface area contributed by atoms with E-state index in [4.69, 9.17) is 28.9 Å². The summed E-state index contributed by atoms with van der Waals surface area (Å²) in [6, 6.07) is 14.9. The summed E-state index contributed by atoms with van der Waals surface area (Å²) in [5, 5.41) is 0.732. The average Bonchev–Trinajstić information content (AvgIpc) is 3.04. The average molecular weight is 436 g/mol. The summed E-state index contributed by atoms with van der Waals surface area (Å²) in [7, 11) is -3.53. The molecular formula is C18H21Cl3N2O2S. The summed E-state index contributed by atoms with van der Waals surface area (Å²) < 4.78 is 27.3. The van der Waals surface area contributed by atoms with Crippen LogP contribution in [-0.4, -0.2) is 32.4 Å². The number of rotatable bonds is 5. The van der Waals surface area contributed by atoms with Gasteiger partial charge in [0, 0.05) is 34.6 Å². The zero-order valence-electron chi connectivity index (χ0n) is 14.0. The lowest BCUT2D eigenvalue weighted by molar-refractivity contribution is 0.458. The third-order valence-electron chi connectivity index (χ3n) is 4.72. The molecule has 8 heteroatoms. The highest BCUT2D eigenvalue weighted by Gasteiger charge is 2.39. The molecule has 0 aromatic heterocycles. The second kappa shape index (κ2) is 8.91. The van der Waals surface area contributed by atoms with Crippen LogP contribution in [0.15, 0.2) is 48.5 Å². The van der Waals surface area contributed by atoms with Crippen LogP contribution in [0.5, 0.6) is 0 Å². The predicted octanol–water partition coefficient (Wildman–Crippen LogP) is 3.92. The highest BCUT2D eigenvalue weighted by atomic mass is 35.5. The highest BCUT2D eigenvalue weighted by Crippen LogP contribution is 2.35. The van der Waals surface area contributed by atoms with Crippen molar-refractivity contribution >= 4 is 45.6 Å². The summed E-state index contributed by atoms with van der Waals surface area (Å²) in [5.41, 5.74) is 7.46. The number of halogens is 3. The number of nitrogens with two attached hydrogens (primary N) is 1. The standard InChI is InChI=1S/C18H20Cl2N2O2S.ClH/c19-17-7-4-8-18(20)16(17)12-25(23,24)22-10-14(9-21)15(11-22)13-5-2-1-3-6-13;/h1-8,14-15H,9-12,21H2;1H/t14-,15+;/m1./s1. The summed E-state index contributed by atoms with van der Waals surface area (Å²) in [6.45, 7) is 1.29. The molecule has 0 unspecified atom stereocenters. The molecule has 2 N–H and O–H groups in total. The molecule has 0 saturated carbocycles. The summed E-state index contributed by atoms with van der Waals surface area (Å²) in [5.74, 6) is -0.00815. The predicted molar refractivity (Wildman–Crippen MR) is 110 cm³/mol. The van der Waals surface area contributed by atoms with Crippen molar-refractivity contribution in [2.75, 3.05) is 19.6 Å².